The second-order valence-corrected chi connectivity index (χ2v) is 32.4. The molecule has 494 valence electrons. The molecular weight excluding hydrogens is 1110 g/mol. The SMILES string of the molecule is Cc1ccc(C)c(C)c1.Cc1ccc(CC(C)(C)C)cc1.Cc1cccc(-c2c(C)cc(C(C)(C)C)cc2C)c1.Cc1cccc(C)c1C.Cc1cccc(CC(C)(C)C)c1.Cc1ccccc1-c1c(C)cc(C(C)(C)C)cc1C.Cc1ccccc1CC(C)(C)C. The van der Waals surface area contributed by atoms with Crippen LogP contribution in [-0.4, -0.2) is 0 Å². The lowest BCUT2D eigenvalue weighted by Gasteiger charge is -2.23. The van der Waals surface area contributed by atoms with Crippen LogP contribution in [0.5, 0.6) is 0 Å². The van der Waals surface area contributed by atoms with E-state index in [9.17, 15) is 0 Å². The van der Waals surface area contributed by atoms with E-state index in [1.807, 2.05) is 0 Å². The molecule has 9 aromatic carbocycles. The predicted octanol–water partition coefficient (Wildman–Crippen LogP) is 27.1. The number of rotatable bonds is 5. The van der Waals surface area contributed by atoms with Crippen LogP contribution < -0.4 is 0 Å². The van der Waals surface area contributed by atoms with Gasteiger partial charge in [0, 0.05) is 0 Å². The van der Waals surface area contributed by atoms with Gasteiger partial charge in [-0.15, -0.1) is 0 Å². The Morgan fingerprint density at radius 1 is 0.239 bits per heavy atom. The van der Waals surface area contributed by atoms with Crippen LogP contribution in [-0.2, 0) is 30.1 Å². The van der Waals surface area contributed by atoms with E-state index in [4.69, 9.17) is 0 Å². The third-order valence-electron chi connectivity index (χ3n) is 16.7. The first-order valence-electron chi connectivity index (χ1n) is 34.0. The molecule has 9 rings (SSSR count). The number of benzene rings is 9. The Kier molecular flexibility index (Phi) is 30.4. The molecule has 92 heavy (non-hydrogen) atoms. The van der Waals surface area contributed by atoms with E-state index in [2.05, 4.69) is 390 Å². The summed E-state index contributed by atoms with van der Waals surface area (Å²) in [4.78, 5) is 0. The lowest BCUT2D eigenvalue weighted by Crippen LogP contribution is -2.12. The summed E-state index contributed by atoms with van der Waals surface area (Å²) in [5.41, 5.74) is 34.8. The van der Waals surface area contributed by atoms with Crippen LogP contribution in [0.1, 0.15) is 215 Å². The summed E-state index contributed by atoms with van der Waals surface area (Å²) in [6.45, 7) is 66.6. The monoisotopic (exact) mass is 1230 g/mol. The van der Waals surface area contributed by atoms with Crippen LogP contribution in [0.15, 0.2) is 182 Å². The van der Waals surface area contributed by atoms with Crippen molar-refractivity contribution in [2.75, 3.05) is 0 Å². The summed E-state index contributed by atoms with van der Waals surface area (Å²) in [5, 5.41) is 0. The summed E-state index contributed by atoms with van der Waals surface area (Å²) < 4.78 is 0. The lowest BCUT2D eigenvalue weighted by atomic mass is 9.82. The molecule has 0 aliphatic carbocycles. The van der Waals surface area contributed by atoms with Crippen LogP contribution in [0.25, 0.3) is 22.3 Å². The smallest absolute Gasteiger partial charge is 0.0123 e. The molecule has 0 saturated heterocycles. The molecule has 0 heteroatoms. The minimum Gasteiger partial charge on any atom is -0.0620 e. The second kappa shape index (κ2) is 35.3. The van der Waals surface area contributed by atoms with E-state index in [0.717, 1.165) is 12.8 Å². The van der Waals surface area contributed by atoms with Crippen LogP contribution >= 0.6 is 0 Å². The topological polar surface area (TPSA) is 0 Å². The van der Waals surface area contributed by atoms with Gasteiger partial charge in [-0.25, -0.2) is 0 Å². The molecule has 0 aromatic heterocycles. The van der Waals surface area contributed by atoms with Crippen molar-refractivity contribution in [3.05, 3.63) is 293 Å². The van der Waals surface area contributed by atoms with E-state index < -0.39 is 0 Å². The molecular formula is C92H126. The lowest BCUT2D eigenvalue weighted by molar-refractivity contribution is 0.410. The summed E-state index contributed by atoms with van der Waals surface area (Å²) in [6, 6.07) is 65.8. The van der Waals surface area contributed by atoms with Gasteiger partial charge in [-0.3, -0.25) is 0 Å². The predicted molar refractivity (Wildman–Crippen MR) is 414 cm³/mol. The second-order valence-electron chi connectivity index (χ2n) is 32.4. The summed E-state index contributed by atoms with van der Waals surface area (Å²) in [6.07, 6.45) is 3.49. The maximum atomic E-state index is 2.34. The Labute approximate surface area is 566 Å². The van der Waals surface area contributed by atoms with Gasteiger partial charge >= 0.3 is 0 Å². The molecule has 0 aliphatic rings. The zero-order chi connectivity index (χ0) is 69.7. The van der Waals surface area contributed by atoms with Gasteiger partial charge in [0.05, 0.1) is 0 Å². The maximum absolute atomic E-state index is 2.34. The van der Waals surface area contributed by atoms with Gasteiger partial charge in [0.2, 0.25) is 0 Å². The highest BCUT2D eigenvalue weighted by Crippen LogP contribution is 2.36. The molecule has 0 aliphatic heterocycles. The fourth-order valence-corrected chi connectivity index (χ4v) is 11.2. The minimum atomic E-state index is 0.208. The molecule has 0 nitrogen and oxygen atoms in total. The minimum absolute atomic E-state index is 0.208. The van der Waals surface area contributed by atoms with E-state index in [0.29, 0.717) is 16.2 Å². The molecule has 0 atom stereocenters. The third kappa shape index (κ3) is 28.9. The highest BCUT2D eigenvalue weighted by atomic mass is 14.2. The first-order chi connectivity index (χ1) is 42.4. The van der Waals surface area contributed by atoms with Gasteiger partial charge < -0.3 is 0 Å². The van der Waals surface area contributed by atoms with E-state index in [-0.39, 0.29) is 10.8 Å². The zero-order valence-electron chi connectivity index (χ0n) is 63.9. The van der Waals surface area contributed by atoms with E-state index >= 15 is 0 Å². The molecule has 0 saturated carbocycles. The Morgan fingerprint density at radius 2 is 0.630 bits per heavy atom. The fraction of sp³-hybridized carbons (Fsp3) is 0.413. The zero-order valence-corrected chi connectivity index (χ0v) is 63.9. The van der Waals surface area contributed by atoms with Crippen LogP contribution in [0.3, 0.4) is 0 Å². The largest absolute Gasteiger partial charge is 0.0620 e. The van der Waals surface area contributed by atoms with E-state index in [1.54, 1.807) is 0 Å². The van der Waals surface area contributed by atoms with Crippen molar-refractivity contribution in [3.63, 3.8) is 0 Å². The third-order valence-corrected chi connectivity index (χ3v) is 16.7. The van der Waals surface area contributed by atoms with E-state index in [1.165, 1.54) is 140 Å². The van der Waals surface area contributed by atoms with Gasteiger partial charge in [0.15, 0.2) is 0 Å². The standard InChI is InChI=1S/2C19H24.3C12H18.2C9H12/c1-13-8-7-9-16(10-13)18-14(2)11-17(12-15(18)3)19(4,5)6;1-13-9-7-8-10-17(13)18-14(2)11-16(12-15(18)3)19(4,5)6;1-10-5-7-11(8-6-10)9-12(2,3)4;1-10-6-5-7-11(8-10)9-12(2,3)4;1-10-7-5-6-8-11(10)9-12(2,3)4;1-7-4-5-8(2)9(3)6-7;1-7-5-4-6-8(2)9(7)3/h2*7-12H,1-6H3;3*5-8H,9H2,1-4H3;2*4-6H,1-3H3. The first kappa shape index (κ1) is 79.2. The van der Waals surface area contributed by atoms with Gasteiger partial charge in [-0.05, 0) is 261 Å². The van der Waals surface area contributed by atoms with Crippen molar-refractivity contribution in [1.29, 1.82) is 0 Å². The highest BCUT2D eigenvalue weighted by Gasteiger charge is 2.19. The Morgan fingerprint density at radius 3 is 1.04 bits per heavy atom. The van der Waals surface area contributed by atoms with Crippen molar-refractivity contribution in [1.82, 2.24) is 0 Å². The summed E-state index contributed by atoms with van der Waals surface area (Å²) >= 11 is 0. The Hall–Kier alpha value is -7.02. The summed E-state index contributed by atoms with van der Waals surface area (Å²) in [7, 11) is 0. The molecule has 0 amide bonds. The average Bonchev–Trinajstić information content (AvgIpc) is 0.819. The molecule has 0 unspecified atom stereocenters. The van der Waals surface area contributed by atoms with Crippen molar-refractivity contribution in [3.8, 4) is 22.3 Å². The van der Waals surface area contributed by atoms with Gasteiger partial charge in [-0.2, -0.15) is 0 Å². The summed E-state index contributed by atoms with van der Waals surface area (Å²) in [5.74, 6) is 0. The van der Waals surface area contributed by atoms with Crippen molar-refractivity contribution >= 4 is 0 Å². The Bertz CT molecular complexity index is 3630. The van der Waals surface area contributed by atoms with Crippen molar-refractivity contribution in [2.24, 2.45) is 16.2 Å². The molecule has 0 N–H and O–H groups in total. The quantitative estimate of drug-likeness (QED) is 0.161. The molecule has 0 fully saturated rings. The van der Waals surface area contributed by atoms with Crippen molar-refractivity contribution < 1.29 is 0 Å². The van der Waals surface area contributed by atoms with Gasteiger partial charge in [0.25, 0.3) is 0 Å². The molecule has 0 radical (unpaired) electrons. The molecule has 0 heterocycles. The number of hydrogen-bond donors (Lipinski definition) is 0. The normalized spacial score (nSPS) is 11.3. The van der Waals surface area contributed by atoms with Gasteiger partial charge in [-0.1, -0.05) is 308 Å². The fourth-order valence-electron chi connectivity index (χ4n) is 11.2. The average molecular weight is 1230 g/mol. The van der Waals surface area contributed by atoms with Crippen LogP contribution in [0.4, 0.5) is 0 Å². The highest BCUT2D eigenvalue weighted by molar-refractivity contribution is 5.74. The molecule has 9 aromatic rings. The number of aryl methyl sites for hydroxylation is 14. The Balaban J connectivity index is 0.000000285. The first-order valence-corrected chi connectivity index (χ1v) is 34.0. The van der Waals surface area contributed by atoms with Crippen molar-refractivity contribution in [2.45, 2.75) is 238 Å². The van der Waals surface area contributed by atoms with Gasteiger partial charge in [0.1, 0.15) is 0 Å². The maximum Gasteiger partial charge on any atom is -0.0123 e. The number of hydrogen-bond acceptors (Lipinski definition) is 0. The molecule has 0 bridgehead atoms. The molecule has 0 spiro atoms. The van der Waals surface area contributed by atoms with Crippen LogP contribution in [0, 0.1) is 120 Å². The van der Waals surface area contributed by atoms with Crippen LogP contribution in [0.2, 0.25) is 0 Å².